The SMILES string of the molecule is O=c1[nH]c2c(-c3ccc(Br)cc3)csc2c(=O)n1COC(COCc1ccccc1)COCc1ccccc1. The fourth-order valence-electron chi connectivity index (χ4n) is 4.08. The minimum Gasteiger partial charge on any atom is -0.374 e. The van der Waals surface area contributed by atoms with Gasteiger partial charge in [0.2, 0.25) is 0 Å². The summed E-state index contributed by atoms with van der Waals surface area (Å²) < 4.78 is 20.3. The molecule has 0 atom stereocenters. The number of hydrogen-bond acceptors (Lipinski definition) is 6. The topological polar surface area (TPSA) is 82.6 Å². The van der Waals surface area contributed by atoms with E-state index < -0.39 is 17.4 Å². The summed E-state index contributed by atoms with van der Waals surface area (Å²) in [4.78, 5) is 29.1. The molecule has 0 unspecified atom stereocenters. The fraction of sp³-hybridized carbons (Fsp3) is 0.200. The molecule has 0 aliphatic rings. The van der Waals surface area contributed by atoms with Crippen LogP contribution in [0.2, 0.25) is 0 Å². The smallest absolute Gasteiger partial charge is 0.330 e. The molecule has 0 aliphatic heterocycles. The molecule has 2 aromatic heterocycles. The number of nitrogens with zero attached hydrogens (tertiary/aromatic N) is 1. The van der Waals surface area contributed by atoms with Crippen LogP contribution in [-0.2, 0) is 34.2 Å². The van der Waals surface area contributed by atoms with Gasteiger partial charge in [0, 0.05) is 15.4 Å². The molecule has 0 fully saturated rings. The first-order valence-corrected chi connectivity index (χ1v) is 14.1. The highest BCUT2D eigenvalue weighted by Crippen LogP contribution is 2.31. The molecule has 0 saturated carbocycles. The summed E-state index contributed by atoms with van der Waals surface area (Å²) in [5.41, 5.74) is 3.42. The van der Waals surface area contributed by atoms with Crippen molar-refractivity contribution in [3.05, 3.63) is 127 Å². The van der Waals surface area contributed by atoms with Gasteiger partial charge in [0.1, 0.15) is 17.5 Å². The van der Waals surface area contributed by atoms with Crippen LogP contribution in [0.25, 0.3) is 21.3 Å². The molecule has 9 heteroatoms. The Morgan fingerprint density at radius 1 is 0.821 bits per heavy atom. The van der Waals surface area contributed by atoms with Gasteiger partial charge >= 0.3 is 5.69 Å². The van der Waals surface area contributed by atoms with E-state index in [1.165, 1.54) is 11.3 Å². The highest BCUT2D eigenvalue weighted by Gasteiger charge is 2.17. The molecule has 5 aromatic rings. The Hall–Kier alpha value is -3.34. The monoisotopic (exact) mass is 606 g/mol. The normalized spacial score (nSPS) is 11.4. The second-order valence-electron chi connectivity index (χ2n) is 8.94. The van der Waals surface area contributed by atoms with E-state index in [0.717, 1.165) is 31.3 Å². The minimum atomic E-state index is -0.529. The van der Waals surface area contributed by atoms with E-state index in [9.17, 15) is 9.59 Å². The van der Waals surface area contributed by atoms with Crippen LogP contribution in [0, 0.1) is 0 Å². The number of aromatic amines is 1. The Kier molecular flexibility index (Phi) is 9.18. The third-order valence-corrected chi connectivity index (χ3v) is 7.63. The highest BCUT2D eigenvalue weighted by molar-refractivity contribution is 9.10. The van der Waals surface area contributed by atoms with E-state index in [2.05, 4.69) is 20.9 Å². The van der Waals surface area contributed by atoms with Gasteiger partial charge in [-0.1, -0.05) is 88.7 Å². The molecule has 0 spiro atoms. The largest absolute Gasteiger partial charge is 0.374 e. The number of rotatable bonds is 12. The van der Waals surface area contributed by atoms with Gasteiger partial charge in [-0.3, -0.25) is 4.79 Å². The average molecular weight is 608 g/mol. The Morgan fingerprint density at radius 3 is 2.00 bits per heavy atom. The van der Waals surface area contributed by atoms with Crippen molar-refractivity contribution in [2.45, 2.75) is 26.0 Å². The Balaban J connectivity index is 1.29. The van der Waals surface area contributed by atoms with E-state index in [1.54, 1.807) is 0 Å². The quantitative estimate of drug-likeness (QED) is 0.189. The zero-order chi connectivity index (χ0) is 27.0. The zero-order valence-corrected chi connectivity index (χ0v) is 23.5. The van der Waals surface area contributed by atoms with Crippen molar-refractivity contribution in [2.24, 2.45) is 0 Å². The van der Waals surface area contributed by atoms with Crippen LogP contribution >= 0.6 is 27.3 Å². The lowest BCUT2D eigenvalue weighted by Crippen LogP contribution is -2.37. The summed E-state index contributed by atoms with van der Waals surface area (Å²) in [6.45, 7) is 1.10. The predicted molar refractivity (Wildman–Crippen MR) is 157 cm³/mol. The van der Waals surface area contributed by atoms with Crippen molar-refractivity contribution in [2.75, 3.05) is 13.2 Å². The zero-order valence-electron chi connectivity index (χ0n) is 21.0. The van der Waals surface area contributed by atoms with Crippen LogP contribution in [0.5, 0.6) is 0 Å². The molecular weight excluding hydrogens is 580 g/mol. The Morgan fingerprint density at radius 2 is 1.41 bits per heavy atom. The first-order chi connectivity index (χ1) is 19.1. The fourth-order valence-corrected chi connectivity index (χ4v) is 5.32. The molecule has 5 rings (SSSR count). The van der Waals surface area contributed by atoms with Gasteiger partial charge in [-0.25, -0.2) is 9.36 Å². The van der Waals surface area contributed by atoms with Crippen molar-refractivity contribution in [1.82, 2.24) is 9.55 Å². The first kappa shape index (κ1) is 27.2. The third-order valence-electron chi connectivity index (χ3n) is 6.13. The van der Waals surface area contributed by atoms with Gasteiger partial charge in [-0.2, -0.15) is 0 Å². The second-order valence-corrected chi connectivity index (χ2v) is 10.7. The van der Waals surface area contributed by atoms with E-state index in [-0.39, 0.29) is 19.9 Å². The standard InChI is InChI=1S/C30H27BrN2O5S/c31-24-13-11-23(12-14-24)26-19-39-28-27(26)32-30(35)33(29(28)34)20-38-25(17-36-15-21-7-3-1-4-8-21)18-37-16-22-9-5-2-6-10-22/h1-14,19,25H,15-18,20H2,(H,32,35). The number of halogens is 1. The van der Waals surface area contributed by atoms with Crippen LogP contribution in [0.4, 0.5) is 0 Å². The summed E-state index contributed by atoms with van der Waals surface area (Å²) in [5, 5.41) is 1.88. The number of H-pyrrole nitrogens is 1. The molecule has 0 bridgehead atoms. The van der Waals surface area contributed by atoms with Crippen molar-refractivity contribution in [3.8, 4) is 11.1 Å². The molecule has 0 amide bonds. The summed E-state index contributed by atoms with van der Waals surface area (Å²) >= 11 is 4.73. The Labute approximate surface area is 237 Å². The van der Waals surface area contributed by atoms with Crippen LogP contribution < -0.4 is 11.2 Å². The van der Waals surface area contributed by atoms with Crippen LogP contribution in [0.15, 0.2) is 104 Å². The molecule has 2 heterocycles. The molecule has 0 radical (unpaired) electrons. The lowest BCUT2D eigenvalue weighted by Gasteiger charge is -2.19. The molecular formula is C30H27BrN2O5S. The van der Waals surface area contributed by atoms with Crippen molar-refractivity contribution in [1.29, 1.82) is 0 Å². The summed E-state index contributed by atoms with van der Waals surface area (Å²) in [7, 11) is 0. The van der Waals surface area contributed by atoms with Crippen molar-refractivity contribution >= 4 is 37.5 Å². The maximum atomic E-state index is 13.3. The average Bonchev–Trinajstić information content (AvgIpc) is 3.38. The first-order valence-electron chi connectivity index (χ1n) is 12.4. The van der Waals surface area contributed by atoms with E-state index in [4.69, 9.17) is 14.2 Å². The molecule has 39 heavy (non-hydrogen) atoms. The molecule has 0 aliphatic carbocycles. The maximum absolute atomic E-state index is 13.3. The molecule has 7 nitrogen and oxygen atoms in total. The van der Waals surface area contributed by atoms with Crippen LogP contribution in [-0.4, -0.2) is 28.9 Å². The molecule has 1 N–H and O–H groups in total. The number of thiophene rings is 1. The van der Waals surface area contributed by atoms with Gasteiger partial charge in [-0.05, 0) is 28.8 Å². The number of benzene rings is 3. The number of nitrogens with one attached hydrogen (secondary N) is 1. The predicted octanol–water partition coefficient (Wildman–Crippen LogP) is 5.96. The van der Waals surface area contributed by atoms with Gasteiger partial charge in [0.15, 0.2) is 0 Å². The molecule has 0 saturated heterocycles. The van der Waals surface area contributed by atoms with Crippen LogP contribution in [0.3, 0.4) is 0 Å². The van der Waals surface area contributed by atoms with Crippen molar-refractivity contribution < 1.29 is 14.2 Å². The Bertz CT molecular complexity index is 1570. The highest BCUT2D eigenvalue weighted by atomic mass is 79.9. The third kappa shape index (κ3) is 7.00. The number of aromatic nitrogens is 2. The minimum absolute atomic E-state index is 0.219. The van der Waals surface area contributed by atoms with Crippen LogP contribution in [0.1, 0.15) is 11.1 Å². The van der Waals surface area contributed by atoms with E-state index in [0.29, 0.717) is 23.4 Å². The summed E-state index contributed by atoms with van der Waals surface area (Å²) in [5.74, 6) is 0. The number of fused-ring (bicyclic) bond motifs is 1. The van der Waals surface area contributed by atoms with Crippen molar-refractivity contribution in [3.63, 3.8) is 0 Å². The second kappa shape index (κ2) is 13.1. The van der Waals surface area contributed by atoms with Gasteiger partial charge in [-0.15, -0.1) is 11.3 Å². The van der Waals surface area contributed by atoms with E-state index >= 15 is 0 Å². The molecule has 200 valence electrons. The maximum Gasteiger partial charge on any atom is 0.330 e. The number of hydrogen-bond donors (Lipinski definition) is 1. The van der Waals surface area contributed by atoms with Gasteiger partial charge in [0.25, 0.3) is 5.56 Å². The summed E-state index contributed by atoms with van der Waals surface area (Å²) in [6.07, 6.45) is -0.485. The molecule has 3 aromatic carbocycles. The lowest BCUT2D eigenvalue weighted by atomic mass is 10.1. The van der Waals surface area contributed by atoms with E-state index in [1.807, 2.05) is 90.3 Å². The van der Waals surface area contributed by atoms with Gasteiger partial charge < -0.3 is 19.2 Å². The summed E-state index contributed by atoms with van der Waals surface area (Å²) in [6, 6.07) is 27.4. The number of ether oxygens (including phenoxy) is 3. The van der Waals surface area contributed by atoms with Gasteiger partial charge in [0.05, 0.1) is 31.9 Å². The lowest BCUT2D eigenvalue weighted by molar-refractivity contribution is -0.0887.